The molecule has 0 N–H and O–H groups in total. The highest BCUT2D eigenvalue weighted by atomic mass is 15.2. The summed E-state index contributed by atoms with van der Waals surface area (Å²) in [5.41, 5.74) is 2.06. The third-order valence-corrected chi connectivity index (χ3v) is 4.40. The maximum absolute atomic E-state index is 9.27. The van der Waals surface area contributed by atoms with Crippen LogP contribution in [0.2, 0.25) is 0 Å². The van der Waals surface area contributed by atoms with Crippen LogP contribution in [0.5, 0.6) is 0 Å². The Balaban J connectivity index is 2.16. The molecule has 20 heavy (non-hydrogen) atoms. The van der Waals surface area contributed by atoms with Crippen molar-refractivity contribution in [2.75, 3.05) is 11.4 Å². The van der Waals surface area contributed by atoms with Gasteiger partial charge in [0, 0.05) is 29.0 Å². The summed E-state index contributed by atoms with van der Waals surface area (Å²) in [5.74, 6) is 0.659. The van der Waals surface area contributed by atoms with Gasteiger partial charge in [0.15, 0.2) is 0 Å². The SMILES string of the molecule is CC(C)C1CCCN1c1ccc(C#N)c2ccccc12. The van der Waals surface area contributed by atoms with Crippen molar-refractivity contribution in [1.82, 2.24) is 0 Å². The first-order valence-corrected chi connectivity index (χ1v) is 7.41. The summed E-state index contributed by atoms with van der Waals surface area (Å²) in [5, 5.41) is 11.5. The van der Waals surface area contributed by atoms with Gasteiger partial charge < -0.3 is 4.90 Å². The van der Waals surface area contributed by atoms with Crippen molar-refractivity contribution >= 4 is 16.5 Å². The van der Waals surface area contributed by atoms with Gasteiger partial charge in [-0.3, -0.25) is 0 Å². The predicted octanol–water partition coefficient (Wildman–Crippen LogP) is 4.34. The summed E-state index contributed by atoms with van der Waals surface area (Å²) in [6, 6.07) is 15.3. The van der Waals surface area contributed by atoms with Crippen molar-refractivity contribution in [3.8, 4) is 6.07 Å². The van der Waals surface area contributed by atoms with Crippen LogP contribution in [-0.2, 0) is 0 Å². The smallest absolute Gasteiger partial charge is 0.0998 e. The zero-order chi connectivity index (χ0) is 14.1. The van der Waals surface area contributed by atoms with E-state index in [1.54, 1.807) is 0 Å². The molecule has 2 aromatic carbocycles. The highest BCUT2D eigenvalue weighted by Gasteiger charge is 2.28. The van der Waals surface area contributed by atoms with Crippen molar-refractivity contribution in [3.05, 3.63) is 42.0 Å². The Labute approximate surface area is 120 Å². The summed E-state index contributed by atoms with van der Waals surface area (Å²) < 4.78 is 0. The number of hydrogen-bond donors (Lipinski definition) is 0. The Morgan fingerprint density at radius 2 is 1.90 bits per heavy atom. The van der Waals surface area contributed by atoms with E-state index >= 15 is 0 Å². The van der Waals surface area contributed by atoms with Gasteiger partial charge in [-0.15, -0.1) is 0 Å². The Morgan fingerprint density at radius 3 is 2.60 bits per heavy atom. The number of anilines is 1. The molecule has 1 aliphatic rings. The maximum Gasteiger partial charge on any atom is 0.0998 e. The van der Waals surface area contributed by atoms with Crippen LogP contribution in [0.25, 0.3) is 10.8 Å². The van der Waals surface area contributed by atoms with Gasteiger partial charge in [-0.1, -0.05) is 38.1 Å². The topological polar surface area (TPSA) is 27.0 Å². The fourth-order valence-corrected chi connectivity index (χ4v) is 3.42. The van der Waals surface area contributed by atoms with Crippen LogP contribution in [0.3, 0.4) is 0 Å². The normalized spacial score (nSPS) is 18.7. The van der Waals surface area contributed by atoms with Gasteiger partial charge in [0.05, 0.1) is 11.6 Å². The lowest BCUT2D eigenvalue weighted by Gasteiger charge is -2.31. The second kappa shape index (κ2) is 5.17. The van der Waals surface area contributed by atoms with E-state index < -0.39 is 0 Å². The van der Waals surface area contributed by atoms with Crippen molar-refractivity contribution in [2.24, 2.45) is 5.92 Å². The zero-order valence-corrected chi connectivity index (χ0v) is 12.1. The fraction of sp³-hybridized carbons (Fsp3) is 0.389. The van der Waals surface area contributed by atoms with Crippen LogP contribution in [0, 0.1) is 17.2 Å². The minimum absolute atomic E-state index is 0.617. The van der Waals surface area contributed by atoms with E-state index in [1.807, 2.05) is 12.1 Å². The highest BCUT2D eigenvalue weighted by Crippen LogP contribution is 2.35. The minimum atomic E-state index is 0.617. The summed E-state index contributed by atoms with van der Waals surface area (Å²) >= 11 is 0. The molecule has 0 aliphatic carbocycles. The van der Waals surface area contributed by atoms with Gasteiger partial charge in [0.1, 0.15) is 0 Å². The molecule has 1 saturated heterocycles. The van der Waals surface area contributed by atoms with Gasteiger partial charge >= 0.3 is 0 Å². The van der Waals surface area contributed by atoms with Crippen molar-refractivity contribution in [2.45, 2.75) is 32.7 Å². The van der Waals surface area contributed by atoms with E-state index in [4.69, 9.17) is 0 Å². The predicted molar refractivity (Wildman–Crippen MR) is 83.9 cm³/mol. The first-order chi connectivity index (χ1) is 9.72. The molecular weight excluding hydrogens is 244 g/mol. The van der Waals surface area contributed by atoms with Gasteiger partial charge in [0.25, 0.3) is 0 Å². The molecule has 0 amide bonds. The first-order valence-electron chi connectivity index (χ1n) is 7.41. The average molecular weight is 264 g/mol. The van der Waals surface area contributed by atoms with Crippen LogP contribution in [0.1, 0.15) is 32.3 Å². The molecule has 1 atom stereocenters. The van der Waals surface area contributed by atoms with Gasteiger partial charge in [0.2, 0.25) is 0 Å². The zero-order valence-electron chi connectivity index (χ0n) is 12.1. The summed E-state index contributed by atoms with van der Waals surface area (Å²) in [4.78, 5) is 2.54. The lowest BCUT2D eigenvalue weighted by atomic mass is 9.99. The van der Waals surface area contributed by atoms with E-state index in [2.05, 4.69) is 49.1 Å². The lowest BCUT2D eigenvalue weighted by molar-refractivity contribution is 0.492. The lowest BCUT2D eigenvalue weighted by Crippen LogP contribution is -2.33. The maximum atomic E-state index is 9.27. The standard InChI is InChI=1S/C18H20N2/c1-13(2)17-8-5-11-20(17)18-10-9-14(12-19)15-6-3-4-7-16(15)18/h3-4,6-7,9-10,13,17H,5,8,11H2,1-2H3. The average Bonchev–Trinajstić information content (AvgIpc) is 2.95. The molecule has 1 heterocycles. The summed E-state index contributed by atoms with van der Waals surface area (Å²) in [7, 11) is 0. The van der Waals surface area contributed by atoms with Crippen LogP contribution < -0.4 is 4.90 Å². The van der Waals surface area contributed by atoms with Crippen molar-refractivity contribution in [1.29, 1.82) is 5.26 Å². The molecule has 1 unspecified atom stereocenters. The van der Waals surface area contributed by atoms with Crippen LogP contribution >= 0.6 is 0 Å². The molecule has 0 saturated carbocycles. The van der Waals surface area contributed by atoms with Crippen molar-refractivity contribution < 1.29 is 0 Å². The van der Waals surface area contributed by atoms with Crippen LogP contribution in [-0.4, -0.2) is 12.6 Å². The Morgan fingerprint density at radius 1 is 1.15 bits per heavy atom. The van der Waals surface area contributed by atoms with Gasteiger partial charge in [-0.05, 0) is 30.9 Å². The fourth-order valence-electron chi connectivity index (χ4n) is 3.42. The molecule has 1 fully saturated rings. The second-order valence-electron chi connectivity index (χ2n) is 5.94. The molecular formula is C18H20N2. The number of fused-ring (bicyclic) bond motifs is 1. The second-order valence-corrected chi connectivity index (χ2v) is 5.94. The van der Waals surface area contributed by atoms with Crippen LogP contribution in [0.15, 0.2) is 36.4 Å². The number of rotatable bonds is 2. The molecule has 0 spiro atoms. The molecule has 0 aromatic heterocycles. The largest absolute Gasteiger partial charge is 0.368 e. The Bertz CT molecular complexity index is 667. The van der Waals surface area contributed by atoms with Gasteiger partial charge in [-0.25, -0.2) is 0 Å². The molecule has 0 bridgehead atoms. The monoisotopic (exact) mass is 264 g/mol. The molecule has 3 rings (SSSR count). The molecule has 102 valence electrons. The van der Waals surface area contributed by atoms with Crippen molar-refractivity contribution in [3.63, 3.8) is 0 Å². The highest BCUT2D eigenvalue weighted by molar-refractivity contribution is 5.98. The van der Waals surface area contributed by atoms with E-state index in [9.17, 15) is 5.26 Å². The molecule has 2 nitrogen and oxygen atoms in total. The Hall–Kier alpha value is -2.01. The molecule has 2 aromatic rings. The first kappa shape index (κ1) is 13.0. The minimum Gasteiger partial charge on any atom is -0.368 e. The van der Waals surface area contributed by atoms with Crippen LogP contribution in [0.4, 0.5) is 5.69 Å². The molecule has 2 heteroatoms. The number of nitriles is 1. The molecule has 0 radical (unpaired) electrons. The number of nitrogens with zero attached hydrogens (tertiary/aromatic N) is 2. The number of benzene rings is 2. The summed E-state index contributed by atoms with van der Waals surface area (Å²) in [6.07, 6.45) is 2.53. The summed E-state index contributed by atoms with van der Waals surface area (Å²) in [6.45, 7) is 5.72. The number of hydrogen-bond acceptors (Lipinski definition) is 2. The van der Waals surface area contributed by atoms with E-state index in [0.717, 1.165) is 17.5 Å². The molecule has 1 aliphatic heterocycles. The third kappa shape index (κ3) is 2.04. The quantitative estimate of drug-likeness (QED) is 0.807. The van der Waals surface area contributed by atoms with E-state index in [-0.39, 0.29) is 0 Å². The van der Waals surface area contributed by atoms with Gasteiger partial charge in [-0.2, -0.15) is 5.26 Å². The van der Waals surface area contributed by atoms with E-state index in [0.29, 0.717) is 12.0 Å². The van der Waals surface area contributed by atoms with E-state index in [1.165, 1.54) is 23.9 Å². The third-order valence-electron chi connectivity index (χ3n) is 4.40. The Kier molecular flexibility index (Phi) is 3.36.